The van der Waals surface area contributed by atoms with Crippen molar-refractivity contribution in [1.82, 2.24) is 5.32 Å². The number of halogens is 1. The summed E-state index contributed by atoms with van der Waals surface area (Å²) in [4.78, 5) is 23.4. The molecule has 0 fully saturated rings. The molecule has 0 atom stereocenters. The van der Waals surface area contributed by atoms with Crippen LogP contribution in [0.3, 0.4) is 0 Å². The average Bonchev–Trinajstić information content (AvgIpc) is 2.36. The van der Waals surface area contributed by atoms with Gasteiger partial charge in [0.1, 0.15) is 13.2 Å². The molecule has 1 aliphatic rings. The SMILES string of the molecule is O=C(O)NCC(=O)N1CCOc2c(F)cccc21. The van der Waals surface area contributed by atoms with Crippen molar-refractivity contribution in [2.24, 2.45) is 0 Å². The van der Waals surface area contributed by atoms with E-state index in [4.69, 9.17) is 9.84 Å². The van der Waals surface area contributed by atoms with Gasteiger partial charge >= 0.3 is 6.09 Å². The molecule has 2 amide bonds. The van der Waals surface area contributed by atoms with Crippen LogP contribution in [-0.2, 0) is 4.79 Å². The zero-order chi connectivity index (χ0) is 13.1. The Balaban J connectivity index is 2.19. The summed E-state index contributed by atoms with van der Waals surface area (Å²) in [6, 6.07) is 4.26. The number of anilines is 1. The highest BCUT2D eigenvalue weighted by Crippen LogP contribution is 2.33. The molecular weight excluding hydrogens is 243 g/mol. The molecule has 1 aromatic carbocycles. The number of carbonyl (C=O) groups is 2. The molecule has 7 heteroatoms. The van der Waals surface area contributed by atoms with Gasteiger partial charge < -0.3 is 20.1 Å². The average molecular weight is 254 g/mol. The molecule has 0 saturated heterocycles. The van der Waals surface area contributed by atoms with E-state index in [0.717, 1.165) is 0 Å². The van der Waals surface area contributed by atoms with Crippen LogP contribution in [-0.4, -0.2) is 36.8 Å². The van der Waals surface area contributed by atoms with Gasteiger partial charge in [-0.15, -0.1) is 0 Å². The number of fused-ring (bicyclic) bond motifs is 1. The lowest BCUT2D eigenvalue weighted by atomic mass is 10.2. The number of hydrogen-bond acceptors (Lipinski definition) is 3. The fraction of sp³-hybridized carbons (Fsp3) is 0.273. The summed E-state index contributed by atoms with van der Waals surface area (Å²) in [7, 11) is 0. The van der Waals surface area contributed by atoms with Crippen LogP contribution in [0.2, 0.25) is 0 Å². The van der Waals surface area contributed by atoms with Crippen molar-refractivity contribution in [2.75, 3.05) is 24.6 Å². The molecule has 0 spiro atoms. The maximum atomic E-state index is 13.4. The number of nitrogens with one attached hydrogen (secondary N) is 1. The third-order valence-electron chi connectivity index (χ3n) is 2.49. The molecule has 2 rings (SSSR count). The fourth-order valence-corrected chi connectivity index (χ4v) is 1.72. The van der Waals surface area contributed by atoms with Crippen LogP contribution in [0.25, 0.3) is 0 Å². The number of carboxylic acid groups (broad SMARTS) is 1. The van der Waals surface area contributed by atoms with E-state index in [9.17, 15) is 14.0 Å². The number of benzene rings is 1. The van der Waals surface area contributed by atoms with Gasteiger partial charge in [0, 0.05) is 0 Å². The van der Waals surface area contributed by atoms with Crippen LogP contribution in [0, 0.1) is 5.82 Å². The summed E-state index contributed by atoms with van der Waals surface area (Å²) in [5, 5.41) is 10.4. The van der Waals surface area contributed by atoms with Crippen LogP contribution < -0.4 is 15.0 Å². The van der Waals surface area contributed by atoms with Gasteiger partial charge in [-0.2, -0.15) is 0 Å². The van der Waals surface area contributed by atoms with E-state index >= 15 is 0 Å². The van der Waals surface area contributed by atoms with Crippen molar-refractivity contribution < 1.29 is 23.8 Å². The highest BCUT2D eigenvalue weighted by atomic mass is 19.1. The molecule has 1 aliphatic heterocycles. The van der Waals surface area contributed by atoms with Crippen LogP contribution in [0.1, 0.15) is 0 Å². The fourth-order valence-electron chi connectivity index (χ4n) is 1.72. The first-order chi connectivity index (χ1) is 8.59. The van der Waals surface area contributed by atoms with Crippen LogP contribution in [0.5, 0.6) is 5.75 Å². The van der Waals surface area contributed by atoms with Gasteiger partial charge in [-0.05, 0) is 12.1 Å². The summed E-state index contributed by atoms with van der Waals surface area (Å²) >= 11 is 0. The Morgan fingerprint density at radius 1 is 1.50 bits per heavy atom. The maximum absolute atomic E-state index is 13.4. The number of rotatable bonds is 2. The largest absolute Gasteiger partial charge is 0.486 e. The number of carbonyl (C=O) groups excluding carboxylic acids is 1. The van der Waals surface area contributed by atoms with E-state index in [1.54, 1.807) is 6.07 Å². The number of hydrogen-bond donors (Lipinski definition) is 2. The second kappa shape index (κ2) is 4.91. The first-order valence-electron chi connectivity index (χ1n) is 5.28. The van der Waals surface area contributed by atoms with E-state index in [1.807, 2.05) is 5.32 Å². The zero-order valence-corrected chi connectivity index (χ0v) is 9.35. The summed E-state index contributed by atoms with van der Waals surface area (Å²) < 4.78 is 18.6. The minimum Gasteiger partial charge on any atom is -0.486 e. The Kier molecular flexibility index (Phi) is 3.31. The first-order valence-corrected chi connectivity index (χ1v) is 5.28. The van der Waals surface area contributed by atoms with E-state index in [-0.39, 0.29) is 25.4 Å². The van der Waals surface area contributed by atoms with Gasteiger partial charge in [-0.3, -0.25) is 4.79 Å². The van der Waals surface area contributed by atoms with Gasteiger partial charge in [-0.1, -0.05) is 6.07 Å². The molecule has 18 heavy (non-hydrogen) atoms. The summed E-state index contributed by atoms with van der Waals surface area (Å²) in [5.74, 6) is -0.976. The lowest BCUT2D eigenvalue weighted by Crippen LogP contribution is -2.43. The molecule has 0 bridgehead atoms. The molecule has 96 valence electrons. The van der Waals surface area contributed by atoms with Crippen LogP contribution in [0.4, 0.5) is 14.9 Å². The van der Waals surface area contributed by atoms with Crippen LogP contribution in [0.15, 0.2) is 18.2 Å². The second-order valence-corrected chi connectivity index (χ2v) is 3.64. The van der Waals surface area contributed by atoms with Crippen molar-refractivity contribution >= 4 is 17.7 Å². The predicted octanol–water partition coefficient (Wildman–Crippen LogP) is 0.819. The van der Waals surface area contributed by atoms with Gasteiger partial charge in [0.15, 0.2) is 11.6 Å². The minimum atomic E-state index is -1.28. The van der Waals surface area contributed by atoms with Gasteiger partial charge in [0.25, 0.3) is 0 Å². The van der Waals surface area contributed by atoms with E-state index in [2.05, 4.69) is 0 Å². The van der Waals surface area contributed by atoms with Crippen molar-refractivity contribution in [3.63, 3.8) is 0 Å². The molecule has 0 radical (unpaired) electrons. The van der Waals surface area contributed by atoms with Gasteiger partial charge in [0.2, 0.25) is 5.91 Å². The Morgan fingerprint density at radius 2 is 2.28 bits per heavy atom. The molecule has 0 aliphatic carbocycles. The number of nitrogens with zero attached hydrogens (tertiary/aromatic N) is 1. The van der Waals surface area contributed by atoms with E-state index in [0.29, 0.717) is 5.69 Å². The Hall–Kier alpha value is -2.31. The smallest absolute Gasteiger partial charge is 0.405 e. The number of ether oxygens (including phenoxy) is 1. The first kappa shape index (κ1) is 12.2. The monoisotopic (exact) mass is 254 g/mol. The summed E-state index contributed by atoms with van der Waals surface area (Å²) in [6.45, 7) is 0.0780. The third-order valence-corrected chi connectivity index (χ3v) is 2.49. The summed E-state index contributed by atoms with van der Waals surface area (Å²) in [5.41, 5.74) is 0.318. The predicted molar refractivity (Wildman–Crippen MR) is 60.3 cm³/mol. The topological polar surface area (TPSA) is 78.9 Å². The van der Waals surface area contributed by atoms with Crippen molar-refractivity contribution in [1.29, 1.82) is 0 Å². The maximum Gasteiger partial charge on any atom is 0.405 e. The third kappa shape index (κ3) is 2.34. The van der Waals surface area contributed by atoms with Crippen molar-refractivity contribution in [3.8, 4) is 5.75 Å². The lowest BCUT2D eigenvalue weighted by Gasteiger charge is -2.29. The van der Waals surface area contributed by atoms with Gasteiger partial charge in [-0.25, -0.2) is 9.18 Å². The van der Waals surface area contributed by atoms with Crippen molar-refractivity contribution in [3.05, 3.63) is 24.0 Å². The van der Waals surface area contributed by atoms with E-state index in [1.165, 1.54) is 17.0 Å². The highest BCUT2D eigenvalue weighted by molar-refractivity contribution is 5.97. The second-order valence-electron chi connectivity index (χ2n) is 3.64. The number of amides is 2. The standard InChI is InChI=1S/C11H11FN2O4/c12-7-2-1-3-8-10(7)18-5-4-14(8)9(15)6-13-11(16)17/h1-3,13H,4-6H2,(H,16,17). The minimum absolute atomic E-state index is 0.0208. The molecule has 6 nitrogen and oxygen atoms in total. The normalized spacial score (nSPS) is 13.5. The molecule has 1 aromatic rings. The Morgan fingerprint density at radius 3 is 3.00 bits per heavy atom. The summed E-state index contributed by atoms with van der Waals surface area (Å²) in [6.07, 6.45) is -1.28. The number of para-hydroxylation sites is 1. The van der Waals surface area contributed by atoms with Crippen molar-refractivity contribution in [2.45, 2.75) is 0 Å². The zero-order valence-electron chi connectivity index (χ0n) is 9.35. The molecular formula is C11H11FN2O4. The highest BCUT2D eigenvalue weighted by Gasteiger charge is 2.25. The van der Waals surface area contributed by atoms with Gasteiger partial charge in [0.05, 0.1) is 12.2 Å². The molecule has 0 unspecified atom stereocenters. The molecule has 1 heterocycles. The Bertz CT molecular complexity index is 492. The quantitative estimate of drug-likeness (QED) is 0.818. The molecule has 2 N–H and O–H groups in total. The lowest BCUT2D eigenvalue weighted by molar-refractivity contribution is -0.118. The van der Waals surface area contributed by atoms with E-state index < -0.39 is 17.8 Å². The molecule has 0 saturated carbocycles. The Labute approximate surface area is 102 Å². The van der Waals surface area contributed by atoms with Crippen LogP contribution >= 0.6 is 0 Å². The molecule has 0 aromatic heterocycles.